The quantitative estimate of drug-likeness (QED) is 0.0991. The van der Waals surface area contributed by atoms with Gasteiger partial charge in [-0.1, -0.05) is 127 Å². The van der Waals surface area contributed by atoms with Crippen LogP contribution < -0.4 is 10.1 Å². The lowest BCUT2D eigenvalue weighted by molar-refractivity contribution is -0.143. The van der Waals surface area contributed by atoms with Gasteiger partial charge >= 0.3 is 12.1 Å². The van der Waals surface area contributed by atoms with Crippen molar-refractivity contribution in [1.29, 1.82) is 0 Å². The van der Waals surface area contributed by atoms with E-state index in [-0.39, 0.29) is 6.61 Å². The number of hydrogen-bond donors (Lipinski definition) is 1. The zero-order valence-corrected chi connectivity index (χ0v) is 29.1. The van der Waals surface area contributed by atoms with E-state index in [4.69, 9.17) is 19.2 Å². The molecule has 7 nitrogen and oxygen atoms in total. The van der Waals surface area contributed by atoms with E-state index in [0.717, 1.165) is 27.8 Å². The molecule has 1 aromatic heterocycles. The molecule has 4 aromatic carbocycles. The van der Waals surface area contributed by atoms with Crippen molar-refractivity contribution in [2.24, 2.45) is 0 Å². The molecular formula is C41H42N2O5S. The maximum Gasteiger partial charge on any atom is 0.407 e. The first kappa shape index (κ1) is 35.2. The molecule has 1 atom stereocenters. The summed E-state index contributed by atoms with van der Waals surface area (Å²) in [5, 5.41) is 3.14. The Morgan fingerprint density at radius 3 is 1.73 bits per heavy atom. The van der Waals surface area contributed by atoms with Crippen LogP contribution >= 0.6 is 11.8 Å². The average molecular weight is 675 g/mol. The van der Waals surface area contributed by atoms with Gasteiger partial charge in [0.25, 0.3) is 0 Å². The number of amides is 1. The first-order valence-electron chi connectivity index (χ1n) is 16.2. The molecule has 49 heavy (non-hydrogen) atoms. The first-order chi connectivity index (χ1) is 23.7. The number of hydrogen-bond acceptors (Lipinski definition) is 7. The van der Waals surface area contributed by atoms with E-state index in [9.17, 15) is 9.59 Å². The van der Waals surface area contributed by atoms with Crippen molar-refractivity contribution in [2.45, 2.75) is 43.6 Å². The normalized spacial score (nSPS) is 12.1. The van der Waals surface area contributed by atoms with Gasteiger partial charge in [0.2, 0.25) is 5.88 Å². The fraction of sp³-hybridized carbons (Fsp3) is 0.244. The van der Waals surface area contributed by atoms with E-state index < -0.39 is 28.5 Å². The molecule has 1 N–H and O–H groups in total. The fourth-order valence-electron chi connectivity index (χ4n) is 5.59. The Morgan fingerprint density at radius 2 is 1.24 bits per heavy atom. The molecule has 0 spiro atoms. The lowest BCUT2D eigenvalue weighted by atomic mass is 9.84. The second kappa shape index (κ2) is 16.3. The van der Waals surface area contributed by atoms with E-state index in [2.05, 4.69) is 78.1 Å². The molecule has 252 valence electrons. The van der Waals surface area contributed by atoms with Gasteiger partial charge in [0.05, 0.1) is 17.6 Å². The van der Waals surface area contributed by atoms with Crippen molar-refractivity contribution in [1.82, 2.24) is 10.3 Å². The number of thioether (sulfide) groups is 1. The standard InChI is InChI=1S/C41H42N2O5S/c1-40(2,3)48-39(45)42-35(27-31-25-26-36(30-17-9-5-10-18-30)43-38(31)47-28-37(44)46-4)29-49-41(32-19-11-6-12-20-32,33-21-13-7-14-22-33)34-23-15-8-16-24-34/h5-26,35H,27-29H2,1-4H3,(H,42,45). The SMILES string of the molecule is COC(=O)COc1nc(-c2ccccc2)ccc1CC(CSC(c1ccccc1)(c1ccccc1)c1ccccc1)NC(=O)OC(C)(C)C. The number of carbonyl (C=O) groups is 2. The van der Waals surface area contributed by atoms with Crippen LogP contribution in [0.4, 0.5) is 4.79 Å². The predicted octanol–water partition coefficient (Wildman–Crippen LogP) is 8.46. The molecule has 1 amide bonds. The van der Waals surface area contributed by atoms with Crippen molar-refractivity contribution in [3.05, 3.63) is 156 Å². The molecule has 0 bridgehead atoms. The Labute approximate surface area is 293 Å². The number of aromatic nitrogens is 1. The summed E-state index contributed by atoms with van der Waals surface area (Å²) < 4.78 is 15.9. The van der Waals surface area contributed by atoms with Crippen LogP contribution in [0.1, 0.15) is 43.0 Å². The minimum absolute atomic E-state index is 0.299. The van der Waals surface area contributed by atoms with Gasteiger partial charge in [0.1, 0.15) is 5.60 Å². The number of methoxy groups -OCH3 is 1. The Hall–Kier alpha value is -5.08. The molecule has 0 fully saturated rings. The topological polar surface area (TPSA) is 86.8 Å². The summed E-state index contributed by atoms with van der Waals surface area (Å²) in [6.07, 6.45) is -0.159. The largest absolute Gasteiger partial charge is 0.466 e. The highest BCUT2D eigenvalue weighted by molar-refractivity contribution is 8.00. The lowest BCUT2D eigenvalue weighted by Gasteiger charge is -2.37. The predicted molar refractivity (Wildman–Crippen MR) is 196 cm³/mol. The van der Waals surface area contributed by atoms with Crippen LogP contribution in [0.3, 0.4) is 0 Å². The number of nitrogens with zero attached hydrogens (tertiary/aromatic N) is 1. The molecule has 0 saturated carbocycles. The summed E-state index contributed by atoms with van der Waals surface area (Å²) in [5.74, 6) is 0.276. The van der Waals surface area contributed by atoms with Crippen LogP contribution in [0.2, 0.25) is 0 Å². The van der Waals surface area contributed by atoms with Crippen LogP contribution in [-0.4, -0.2) is 48.2 Å². The van der Waals surface area contributed by atoms with Gasteiger partial charge in [-0.2, -0.15) is 0 Å². The molecule has 0 aliphatic carbocycles. The number of pyridine rings is 1. The number of alkyl carbamates (subject to hydrolysis) is 1. The molecule has 5 aromatic rings. The minimum Gasteiger partial charge on any atom is -0.466 e. The summed E-state index contributed by atoms with van der Waals surface area (Å²) in [4.78, 5) is 30.2. The molecular weight excluding hydrogens is 633 g/mol. The van der Waals surface area contributed by atoms with Crippen LogP contribution in [-0.2, 0) is 25.4 Å². The van der Waals surface area contributed by atoms with Gasteiger partial charge in [-0.15, -0.1) is 11.8 Å². The van der Waals surface area contributed by atoms with E-state index in [0.29, 0.717) is 23.7 Å². The van der Waals surface area contributed by atoms with Gasteiger partial charge in [0, 0.05) is 22.9 Å². The minimum atomic E-state index is -0.683. The molecule has 5 rings (SSSR count). The summed E-state index contributed by atoms with van der Waals surface area (Å²) in [6.45, 7) is 5.22. The number of ether oxygens (including phenoxy) is 3. The molecule has 0 saturated heterocycles. The number of rotatable bonds is 13. The summed E-state index contributed by atoms with van der Waals surface area (Å²) in [5.41, 5.74) is 5.01. The smallest absolute Gasteiger partial charge is 0.407 e. The molecule has 1 heterocycles. The van der Waals surface area contributed by atoms with Gasteiger partial charge in [-0.25, -0.2) is 14.6 Å². The average Bonchev–Trinajstić information content (AvgIpc) is 3.12. The van der Waals surface area contributed by atoms with E-state index in [1.165, 1.54) is 7.11 Å². The Bertz CT molecular complexity index is 1700. The maximum absolute atomic E-state index is 13.3. The molecule has 1 unspecified atom stereocenters. The van der Waals surface area contributed by atoms with Gasteiger partial charge in [0.15, 0.2) is 6.61 Å². The van der Waals surface area contributed by atoms with Crippen molar-refractivity contribution in [3.8, 4) is 17.1 Å². The molecule has 0 radical (unpaired) electrons. The first-order valence-corrected chi connectivity index (χ1v) is 17.2. The van der Waals surface area contributed by atoms with Crippen molar-refractivity contribution >= 4 is 23.8 Å². The summed E-state index contributed by atoms with van der Waals surface area (Å²) in [7, 11) is 1.32. The lowest BCUT2D eigenvalue weighted by Crippen LogP contribution is -2.42. The number of esters is 1. The third kappa shape index (κ3) is 9.30. The van der Waals surface area contributed by atoms with Crippen molar-refractivity contribution < 1.29 is 23.8 Å². The van der Waals surface area contributed by atoms with Crippen LogP contribution in [0.15, 0.2) is 133 Å². The monoisotopic (exact) mass is 674 g/mol. The molecule has 0 aliphatic heterocycles. The van der Waals surface area contributed by atoms with Crippen LogP contribution in [0, 0.1) is 0 Å². The molecule has 8 heteroatoms. The highest BCUT2D eigenvalue weighted by Gasteiger charge is 2.38. The van der Waals surface area contributed by atoms with Gasteiger partial charge in [-0.3, -0.25) is 0 Å². The second-order valence-corrected chi connectivity index (χ2v) is 13.8. The number of nitrogens with one attached hydrogen (secondary N) is 1. The van der Waals surface area contributed by atoms with E-state index in [1.54, 1.807) is 11.8 Å². The Kier molecular flexibility index (Phi) is 11.8. The third-order valence-corrected chi connectivity index (χ3v) is 9.50. The summed E-state index contributed by atoms with van der Waals surface area (Å²) in [6, 6.07) is 44.5. The highest BCUT2D eigenvalue weighted by Crippen LogP contribution is 2.48. The zero-order valence-electron chi connectivity index (χ0n) is 28.3. The van der Waals surface area contributed by atoms with Crippen LogP contribution in [0.25, 0.3) is 11.3 Å². The summed E-state index contributed by atoms with van der Waals surface area (Å²) >= 11 is 1.74. The highest BCUT2D eigenvalue weighted by atomic mass is 32.2. The van der Waals surface area contributed by atoms with Gasteiger partial charge in [-0.05, 0) is 49.9 Å². The van der Waals surface area contributed by atoms with Crippen molar-refractivity contribution in [2.75, 3.05) is 19.5 Å². The maximum atomic E-state index is 13.3. The zero-order chi connectivity index (χ0) is 34.7. The van der Waals surface area contributed by atoms with Crippen LogP contribution in [0.5, 0.6) is 5.88 Å². The third-order valence-electron chi connectivity index (χ3n) is 7.79. The number of carbonyl (C=O) groups excluding carboxylic acids is 2. The Balaban J connectivity index is 1.55. The number of benzene rings is 4. The molecule has 0 aliphatic rings. The second-order valence-electron chi connectivity index (χ2n) is 12.5. The van der Waals surface area contributed by atoms with E-state index in [1.807, 2.05) is 81.4 Å². The van der Waals surface area contributed by atoms with Crippen molar-refractivity contribution in [3.63, 3.8) is 0 Å². The fourth-order valence-corrected chi connectivity index (χ4v) is 7.15. The van der Waals surface area contributed by atoms with E-state index >= 15 is 0 Å². The van der Waals surface area contributed by atoms with Gasteiger partial charge < -0.3 is 19.5 Å². The Morgan fingerprint density at radius 1 is 0.735 bits per heavy atom.